The van der Waals surface area contributed by atoms with Gasteiger partial charge in [0.25, 0.3) is 0 Å². The Labute approximate surface area is 132 Å². The molecule has 1 aromatic rings. The van der Waals surface area contributed by atoms with Crippen molar-refractivity contribution in [1.82, 2.24) is 5.32 Å². The summed E-state index contributed by atoms with van der Waals surface area (Å²) in [7, 11) is 1.72. The Bertz CT molecular complexity index is 464. The minimum absolute atomic E-state index is 0.253. The van der Waals surface area contributed by atoms with E-state index in [1.54, 1.807) is 7.11 Å². The predicted molar refractivity (Wildman–Crippen MR) is 90.3 cm³/mol. The van der Waals surface area contributed by atoms with Gasteiger partial charge in [0.2, 0.25) is 0 Å². The van der Waals surface area contributed by atoms with Crippen LogP contribution in [-0.2, 0) is 6.42 Å². The fraction of sp³-hybridized carbons (Fsp3) is 0.647. The molecule has 0 aliphatic heterocycles. The van der Waals surface area contributed by atoms with Gasteiger partial charge in [-0.25, -0.2) is 0 Å². The number of methoxy groups -OCH3 is 1. The Hall–Kier alpha value is -0.710. The fourth-order valence-electron chi connectivity index (χ4n) is 2.88. The summed E-state index contributed by atoms with van der Waals surface area (Å²) < 4.78 is 5.39. The van der Waals surface area contributed by atoms with E-state index in [9.17, 15) is 5.11 Å². The van der Waals surface area contributed by atoms with E-state index >= 15 is 0 Å². The second-order valence-electron chi connectivity index (χ2n) is 5.76. The summed E-state index contributed by atoms with van der Waals surface area (Å²) in [5, 5.41) is 14.2. The lowest BCUT2D eigenvalue weighted by Crippen LogP contribution is -2.36. The van der Waals surface area contributed by atoms with Crippen LogP contribution in [0.2, 0.25) is 0 Å². The van der Waals surface area contributed by atoms with Gasteiger partial charge in [0, 0.05) is 16.5 Å². The molecule has 1 aromatic carbocycles. The first-order valence-corrected chi connectivity index (χ1v) is 8.74. The summed E-state index contributed by atoms with van der Waals surface area (Å²) in [6, 6.07) is 6.74. The first-order valence-electron chi connectivity index (χ1n) is 7.80. The molecule has 0 bridgehead atoms. The maximum atomic E-state index is 9.78. The Morgan fingerprint density at radius 1 is 1.43 bits per heavy atom. The van der Waals surface area contributed by atoms with Crippen molar-refractivity contribution < 1.29 is 9.84 Å². The van der Waals surface area contributed by atoms with E-state index in [2.05, 4.69) is 31.3 Å². The fourth-order valence-corrected chi connectivity index (χ4v) is 4.31. The van der Waals surface area contributed by atoms with Crippen LogP contribution in [0.5, 0.6) is 5.75 Å². The highest BCUT2D eigenvalue weighted by Gasteiger charge is 2.31. The van der Waals surface area contributed by atoms with Crippen LogP contribution < -0.4 is 10.1 Å². The van der Waals surface area contributed by atoms with Crippen molar-refractivity contribution in [1.29, 1.82) is 0 Å². The van der Waals surface area contributed by atoms with Gasteiger partial charge in [-0.1, -0.05) is 19.9 Å². The van der Waals surface area contributed by atoms with Gasteiger partial charge in [-0.05, 0) is 49.6 Å². The standard InChI is InChI=1S/C17H27NO2S/c1-5-18-17-15-10-14(20-4)8-6-13(15)7-9-16(17)21-12(3)11(2)19/h6,8,10-12,16-19H,5,7,9H2,1-4H3. The molecule has 4 unspecified atom stereocenters. The largest absolute Gasteiger partial charge is 0.497 e. The van der Waals surface area contributed by atoms with Crippen molar-refractivity contribution in [3.63, 3.8) is 0 Å². The molecule has 2 N–H and O–H groups in total. The number of thioether (sulfide) groups is 1. The number of aliphatic hydroxyl groups excluding tert-OH is 1. The molecule has 1 aliphatic carbocycles. The molecule has 118 valence electrons. The second kappa shape index (κ2) is 7.52. The van der Waals surface area contributed by atoms with E-state index in [0.29, 0.717) is 11.3 Å². The zero-order valence-electron chi connectivity index (χ0n) is 13.4. The molecule has 1 aliphatic rings. The number of aliphatic hydroxyl groups is 1. The molecule has 0 radical (unpaired) electrons. The van der Waals surface area contributed by atoms with E-state index < -0.39 is 0 Å². The average molecular weight is 309 g/mol. The number of fused-ring (bicyclic) bond motifs is 1. The van der Waals surface area contributed by atoms with E-state index in [1.165, 1.54) is 11.1 Å². The Kier molecular flexibility index (Phi) is 5.97. The molecular formula is C17H27NO2S. The molecule has 4 atom stereocenters. The van der Waals surface area contributed by atoms with Crippen LogP contribution in [-0.4, -0.2) is 35.4 Å². The van der Waals surface area contributed by atoms with Crippen molar-refractivity contribution in [3.05, 3.63) is 29.3 Å². The van der Waals surface area contributed by atoms with Gasteiger partial charge < -0.3 is 15.2 Å². The topological polar surface area (TPSA) is 41.5 Å². The van der Waals surface area contributed by atoms with Gasteiger partial charge in [-0.2, -0.15) is 11.8 Å². The van der Waals surface area contributed by atoms with Crippen molar-refractivity contribution in [3.8, 4) is 5.75 Å². The van der Waals surface area contributed by atoms with Crippen LogP contribution in [0.15, 0.2) is 18.2 Å². The highest BCUT2D eigenvalue weighted by Crippen LogP contribution is 2.40. The second-order valence-corrected chi connectivity index (χ2v) is 7.38. The van der Waals surface area contributed by atoms with Crippen LogP contribution in [0.25, 0.3) is 0 Å². The van der Waals surface area contributed by atoms with Gasteiger partial charge in [0.05, 0.1) is 13.2 Å². The minimum atomic E-state index is -0.274. The summed E-state index contributed by atoms with van der Waals surface area (Å²) in [5.41, 5.74) is 2.78. The number of hydrogen-bond acceptors (Lipinski definition) is 4. The predicted octanol–water partition coefficient (Wildman–Crippen LogP) is 3.16. The monoisotopic (exact) mass is 309 g/mol. The number of rotatable bonds is 6. The van der Waals surface area contributed by atoms with Gasteiger partial charge >= 0.3 is 0 Å². The third kappa shape index (κ3) is 3.93. The molecule has 0 saturated heterocycles. The van der Waals surface area contributed by atoms with Crippen molar-refractivity contribution in [2.24, 2.45) is 0 Å². The van der Waals surface area contributed by atoms with Gasteiger partial charge in [0.15, 0.2) is 0 Å². The molecule has 4 heteroatoms. The third-order valence-corrected chi connectivity index (χ3v) is 5.93. The first-order chi connectivity index (χ1) is 10.1. The smallest absolute Gasteiger partial charge is 0.119 e. The molecule has 2 rings (SSSR count). The van der Waals surface area contributed by atoms with Crippen molar-refractivity contribution in [2.45, 2.75) is 56.3 Å². The molecule has 0 fully saturated rings. The first kappa shape index (κ1) is 16.7. The number of aryl methyl sites for hydroxylation is 1. The Morgan fingerprint density at radius 2 is 2.19 bits per heavy atom. The number of ether oxygens (including phenoxy) is 1. The van der Waals surface area contributed by atoms with Crippen LogP contribution in [0.1, 0.15) is 44.4 Å². The molecule has 3 nitrogen and oxygen atoms in total. The number of hydrogen-bond donors (Lipinski definition) is 2. The van der Waals surface area contributed by atoms with Gasteiger partial charge in [0.1, 0.15) is 5.75 Å². The zero-order chi connectivity index (χ0) is 15.4. The Morgan fingerprint density at radius 3 is 2.81 bits per heavy atom. The van der Waals surface area contributed by atoms with E-state index in [4.69, 9.17) is 4.74 Å². The van der Waals surface area contributed by atoms with E-state index in [1.807, 2.05) is 24.8 Å². The average Bonchev–Trinajstić information content (AvgIpc) is 2.48. The quantitative estimate of drug-likeness (QED) is 0.847. The minimum Gasteiger partial charge on any atom is -0.497 e. The highest BCUT2D eigenvalue weighted by molar-refractivity contribution is 8.00. The van der Waals surface area contributed by atoms with Crippen LogP contribution in [0.4, 0.5) is 0 Å². The lowest BCUT2D eigenvalue weighted by Gasteiger charge is -2.36. The number of nitrogens with one attached hydrogen (secondary N) is 1. The van der Waals surface area contributed by atoms with E-state index in [0.717, 1.165) is 25.1 Å². The molecule has 0 amide bonds. The SMILES string of the molecule is CCNC1c2cc(OC)ccc2CCC1SC(C)C(C)O. The maximum absolute atomic E-state index is 9.78. The highest BCUT2D eigenvalue weighted by atomic mass is 32.2. The van der Waals surface area contributed by atoms with E-state index in [-0.39, 0.29) is 11.4 Å². The lowest BCUT2D eigenvalue weighted by molar-refractivity contribution is 0.196. The maximum Gasteiger partial charge on any atom is 0.119 e. The molecular weight excluding hydrogens is 282 g/mol. The summed E-state index contributed by atoms with van der Waals surface area (Å²) in [6.07, 6.45) is 1.98. The molecule has 21 heavy (non-hydrogen) atoms. The molecule has 0 aromatic heterocycles. The van der Waals surface area contributed by atoms with Gasteiger partial charge in [-0.15, -0.1) is 0 Å². The van der Waals surface area contributed by atoms with Crippen LogP contribution >= 0.6 is 11.8 Å². The third-order valence-electron chi connectivity index (χ3n) is 4.25. The summed E-state index contributed by atoms with van der Waals surface area (Å²) >= 11 is 1.90. The summed E-state index contributed by atoms with van der Waals surface area (Å²) in [4.78, 5) is 0. The van der Waals surface area contributed by atoms with Crippen LogP contribution in [0.3, 0.4) is 0 Å². The molecule has 0 spiro atoms. The molecule has 0 saturated carbocycles. The van der Waals surface area contributed by atoms with Gasteiger partial charge in [-0.3, -0.25) is 0 Å². The van der Waals surface area contributed by atoms with Crippen molar-refractivity contribution in [2.75, 3.05) is 13.7 Å². The summed E-state index contributed by atoms with van der Waals surface area (Å²) in [5.74, 6) is 0.922. The number of benzene rings is 1. The Balaban J connectivity index is 2.24. The zero-order valence-corrected chi connectivity index (χ0v) is 14.2. The summed E-state index contributed by atoms with van der Waals surface area (Å²) in [6.45, 7) is 7.08. The molecule has 0 heterocycles. The lowest BCUT2D eigenvalue weighted by atomic mass is 9.87. The van der Waals surface area contributed by atoms with Crippen molar-refractivity contribution >= 4 is 11.8 Å². The van der Waals surface area contributed by atoms with Crippen LogP contribution in [0, 0.1) is 0 Å². The normalized spacial score (nSPS) is 24.2.